The van der Waals surface area contributed by atoms with Crippen molar-refractivity contribution in [3.05, 3.63) is 70.9 Å². The summed E-state index contributed by atoms with van der Waals surface area (Å²) in [5.74, 6) is -2.10. The molecule has 1 aromatic heterocycles. The van der Waals surface area contributed by atoms with E-state index in [1.165, 1.54) is 0 Å². The summed E-state index contributed by atoms with van der Waals surface area (Å²) < 4.78 is 50.9. The van der Waals surface area contributed by atoms with E-state index in [9.17, 15) is 13.4 Å². The Bertz CT molecular complexity index is 1200. The summed E-state index contributed by atoms with van der Waals surface area (Å²) in [5, 5.41) is 4.05. The number of fused-ring (bicyclic) bond motifs is 1. The van der Waals surface area contributed by atoms with Gasteiger partial charge in [-0.25, -0.2) is 17.7 Å². The third-order valence-corrected chi connectivity index (χ3v) is 6.07. The molecule has 2 aromatic carbocycles. The van der Waals surface area contributed by atoms with Gasteiger partial charge in [0.15, 0.2) is 5.78 Å². The smallest absolute Gasteiger partial charge is 0.231 e. The second-order valence-corrected chi connectivity index (χ2v) is 8.63. The first-order chi connectivity index (χ1) is 15.9. The highest BCUT2D eigenvalue weighted by Gasteiger charge is 2.20. The van der Waals surface area contributed by atoms with Gasteiger partial charge in [0.05, 0.1) is 23.0 Å². The fraction of sp³-hybridized carbons (Fsp3) is 0.304. The molecular formula is C23H24F2N4O3S. The van der Waals surface area contributed by atoms with Gasteiger partial charge < -0.3 is 10.2 Å². The molecule has 0 aliphatic carbocycles. The van der Waals surface area contributed by atoms with Gasteiger partial charge in [0.1, 0.15) is 11.6 Å². The fourth-order valence-electron chi connectivity index (χ4n) is 3.94. The molecule has 2 heterocycles. The Kier molecular flexibility index (Phi) is 7.39. The van der Waals surface area contributed by atoms with Crippen LogP contribution in [-0.4, -0.2) is 52.3 Å². The highest BCUT2D eigenvalue weighted by molar-refractivity contribution is 7.77. The summed E-state index contributed by atoms with van der Waals surface area (Å²) in [6, 6.07) is 8.82. The van der Waals surface area contributed by atoms with Gasteiger partial charge in [-0.2, -0.15) is 0 Å². The van der Waals surface area contributed by atoms with Crippen LogP contribution in [-0.2, 0) is 17.7 Å². The van der Waals surface area contributed by atoms with Crippen LogP contribution in [0.4, 0.5) is 14.5 Å². The molecule has 1 atom stereocenters. The van der Waals surface area contributed by atoms with Gasteiger partial charge in [-0.05, 0) is 54.8 Å². The Balaban J connectivity index is 1.60. The van der Waals surface area contributed by atoms with Crippen molar-refractivity contribution >= 4 is 33.6 Å². The van der Waals surface area contributed by atoms with Gasteiger partial charge in [0.25, 0.3) is 0 Å². The molecule has 10 heteroatoms. The van der Waals surface area contributed by atoms with Gasteiger partial charge >= 0.3 is 0 Å². The number of ketones is 1. The fourth-order valence-corrected chi connectivity index (χ4v) is 4.26. The maximum absolute atomic E-state index is 15.1. The van der Waals surface area contributed by atoms with E-state index in [-0.39, 0.29) is 29.7 Å². The predicted octanol–water partition coefficient (Wildman–Crippen LogP) is 2.81. The van der Waals surface area contributed by atoms with Gasteiger partial charge in [-0.1, -0.05) is 0 Å². The zero-order valence-electron chi connectivity index (χ0n) is 17.8. The van der Waals surface area contributed by atoms with Crippen LogP contribution in [0.2, 0.25) is 0 Å². The molecule has 174 valence electrons. The predicted molar refractivity (Wildman–Crippen MR) is 124 cm³/mol. The van der Waals surface area contributed by atoms with Crippen molar-refractivity contribution < 1.29 is 22.3 Å². The number of carbonyl (C=O) groups excluding carboxylic acids is 1. The summed E-state index contributed by atoms with van der Waals surface area (Å²) in [4.78, 5) is 19.8. The van der Waals surface area contributed by atoms with Crippen molar-refractivity contribution in [3.63, 3.8) is 0 Å². The number of carbonyl (C=O) groups is 1. The zero-order valence-corrected chi connectivity index (χ0v) is 18.6. The molecule has 33 heavy (non-hydrogen) atoms. The number of aryl methyl sites for hydroxylation is 1. The van der Waals surface area contributed by atoms with Crippen LogP contribution in [0.25, 0.3) is 10.9 Å². The number of pyridine rings is 1. The molecule has 1 fully saturated rings. The number of rotatable bonds is 8. The Hall–Kier alpha value is -2.79. The topological polar surface area (TPSA) is 94.6 Å². The molecule has 1 saturated heterocycles. The summed E-state index contributed by atoms with van der Waals surface area (Å²) in [7, 11) is 0. The molecular weight excluding hydrogens is 450 g/mol. The standard InChI is InChI=1S/C23H24F2N4O3S/c24-18-11-15(2-1-5-28-33(31)32)22(25)20(13-18)23(30)16-3-4-21-17(10-16)12-19(14-27-21)29-8-6-26-7-9-29/h3-4,10-14,26,28H,1-2,5-9H2,(H,31,32). The molecule has 4 rings (SSSR count). The third-order valence-electron chi connectivity index (χ3n) is 5.62. The van der Waals surface area contributed by atoms with Crippen LogP contribution in [0.1, 0.15) is 27.9 Å². The summed E-state index contributed by atoms with van der Waals surface area (Å²) >= 11 is -2.17. The first-order valence-electron chi connectivity index (χ1n) is 10.6. The number of aromatic nitrogens is 1. The lowest BCUT2D eigenvalue weighted by atomic mass is 9.97. The highest BCUT2D eigenvalue weighted by Crippen LogP contribution is 2.25. The van der Waals surface area contributed by atoms with E-state index < -0.39 is 28.7 Å². The van der Waals surface area contributed by atoms with E-state index in [0.29, 0.717) is 11.9 Å². The maximum atomic E-state index is 15.1. The van der Waals surface area contributed by atoms with E-state index in [1.807, 2.05) is 6.07 Å². The lowest BCUT2D eigenvalue weighted by Crippen LogP contribution is -2.43. The normalized spacial score (nSPS) is 15.1. The second kappa shape index (κ2) is 10.4. The monoisotopic (exact) mass is 474 g/mol. The molecule has 0 spiro atoms. The average molecular weight is 475 g/mol. The number of benzene rings is 2. The first kappa shape index (κ1) is 23.4. The van der Waals surface area contributed by atoms with Crippen LogP contribution in [0, 0.1) is 11.6 Å². The summed E-state index contributed by atoms with van der Waals surface area (Å²) in [6.07, 6.45) is 2.22. The zero-order chi connectivity index (χ0) is 23.4. The number of nitrogens with one attached hydrogen (secondary N) is 2. The molecule has 1 unspecified atom stereocenters. The van der Waals surface area contributed by atoms with Gasteiger partial charge in [-0.15, -0.1) is 0 Å². The average Bonchev–Trinajstić information content (AvgIpc) is 2.83. The lowest BCUT2D eigenvalue weighted by Gasteiger charge is -2.29. The second-order valence-electron chi connectivity index (χ2n) is 7.84. The van der Waals surface area contributed by atoms with Gasteiger partial charge in [-0.3, -0.25) is 14.3 Å². The quantitative estimate of drug-likeness (QED) is 0.264. The Labute approximate surface area is 192 Å². The summed E-state index contributed by atoms with van der Waals surface area (Å²) in [5.41, 5.74) is 1.61. The number of piperazine rings is 1. The Morgan fingerprint density at radius 2 is 1.97 bits per heavy atom. The van der Waals surface area contributed by atoms with Crippen molar-refractivity contribution in [2.75, 3.05) is 37.6 Å². The van der Waals surface area contributed by atoms with E-state index in [4.69, 9.17) is 4.55 Å². The van der Waals surface area contributed by atoms with Crippen molar-refractivity contribution in [1.29, 1.82) is 0 Å². The van der Waals surface area contributed by atoms with E-state index in [1.54, 1.807) is 24.4 Å². The molecule has 0 bridgehead atoms. The molecule has 3 aromatic rings. The summed E-state index contributed by atoms with van der Waals surface area (Å²) in [6.45, 7) is 3.62. The number of nitrogens with zero attached hydrogens (tertiary/aromatic N) is 2. The van der Waals surface area contributed by atoms with Gasteiger partial charge in [0.2, 0.25) is 11.3 Å². The van der Waals surface area contributed by atoms with Crippen LogP contribution in [0.5, 0.6) is 0 Å². The minimum absolute atomic E-state index is 0.0484. The molecule has 1 aliphatic heterocycles. The minimum Gasteiger partial charge on any atom is -0.368 e. The number of hydrogen-bond donors (Lipinski definition) is 3. The molecule has 0 radical (unpaired) electrons. The number of hydrogen-bond acceptors (Lipinski definition) is 5. The number of anilines is 1. The van der Waals surface area contributed by atoms with Crippen molar-refractivity contribution in [2.24, 2.45) is 0 Å². The van der Waals surface area contributed by atoms with Crippen LogP contribution in [0.15, 0.2) is 42.6 Å². The van der Waals surface area contributed by atoms with E-state index in [2.05, 4.69) is 19.9 Å². The molecule has 1 aliphatic rings. The molecule has 7 nitrogen and oxygen atoms in total. The Morgan fingerprint density at radius 3 is 2.73 bits per heavy atom. The van der Waals surface area contributed by atoms with Crippen molar-refractivity contribution in [1.82, 2.24) is 15.0 Å². The lowest BCUT2D eigenvalue weighted by molar-refractivity contribution is 0.103. The largest absolute Gasteiger partial charge is 0.368 e. The molecule has 0 amide bonds. The van der Waals surface area contributed by atoms with E-state index in [0.717, 1.165) is 49.4 Å². The van der Waals surface area contributed by atoms with Crippen LogP contribution < -0.4 is 14.9 Å². The highest BCUT2D eigenvalue weighted by atomic mass is 32.2. The minimum atomic E-state index is -2.17. The van der Waals surface area contributed by atoms with Crippen LogP contribution >= 0.6 is 0 Å². The third kappa shape index (κ3) is 5.59. The van der Waals surface area contributed by atoms with E-state index >= 15 is 4.39 Å². The van der Waals surface area contributed by atoms with Crippen molar-refractivity contribution in [3.8, 4) is 0 Å². The van der Waals surface area contributed by atoms with Crippen LogP contribution in [0.3, 0.4) is 0 Å². The maximum Gasteiger partial charge on any atom is 0.231 e. The van der Waals surface area contributed by atoms with Gasteiger partial charge in [0, 0.05) is 43.7 Å². The first-order valence-corrected chi connectivity index (χ1v) is 11.8. The molecule has 3 N–H and O–H groups in total. The Morgan fingerprint density at radius 1 is 1.18 bits per heavy atom. The van der Waals surface area contributed by atoms with Crippen molar-refractivity contribution in [2.45, 2.75) is 12.8 Å². The SMILES string of the molecule is O=C(c1ccc2ncc(N3CCNCC3)cc2c1)c1cc(F)cc(CCCNS(=O)O)c1F. The molecule has 0 saturated carbocycles. The number of halogens is 2.